The van der Waals surface area contributed by atoms with Crippen LogP contribution in [0.1, 0.15) is 34.6 Å². The number of hydrogen-bond donors (Lipinski definition) is 1. The fourth-order valence-corrected chi connectivity index (χ4v) is 0.337. The van der Waals surface area contributed by atoms with Crippen molar-refractivity contribution in [2.45, 2.75) is 34.6 Å². The zero-order valence-electron chi connectivity index (χ0n) is 10.4. The maximum Gasteiger partial charge on any atom is 0.0681 e. The van der Waals surface area contributed by atoms with Gasteiger partial charge in [-0.15, -0.1) is 0 Å². The molecular formula is C13H26O. The summed E-state index contributed by atoms with van der Waals surface area (Å²) < 4.78 is 0. The maximum atomic E-state index is 8.47. The molecule has 0 radical (unpaired) electrons. The van der Waals surface area contributed by atoms with Gasteiger partial charge < -0.3 is 5.11 Å². The van der Waals surface area contributed by atoms with Gasteiger partial charge in [0.15, 0.2) is 0 Å². The van der Waals surface area contributed by atoms with E-state index < -0.39 is 0 Å². The van der Waals surface area contributed by atoms with E-state index in [1.54, 1.807) is 18.2 Å². The molecule has 0 aromatic rings. The highest BCUT2D eigenvalue weighted by Crippen LogP contribution is 1.91. The zero-order chi connectivity index (χ0) is 12.0. The molecule has 0 fully saturated rings. The van der Waals surface area contributed by atoms with Crippen LogP contribution in [0.15, 0.2) is 37.0 Å². The summed E-state index contributed by atoms with van der Waals surface area (Å²) >= 11 is 0. The van der Waals surface area contributed by atoms with Gasteiger partial charge in [-0.2, -0.15) is 0 Å². The molecule has 0 saturated carbocycles. The molecule has 84 valence electrons. The standard InChI is InChI=1S/C7H10O.C4H10.C2H6/c1-3-5-7(4-2)6-8;1-4(2)3;1-2/h3-5,8H,1-2,6H2;4H,1-3H3;1-2H3/b7-5+;;. The van der Waals surface area contributed by atoms with Crippen molar-refractivity contribution in [1.29, 1.82) is 0 Å². The minimum Gasteiger partial charge on any atom is -0.392 e. The molecule has 0 atom stereocenters. The van der Waals surface area contributed by atoms with Gasteiger partial charge in [-0.3, -0.25) is 0 Å². The minimum absolute atomic E-state index is 0.0372. The Kier molecular flexibility index (Phi) is 24.3. The lowest BCUT2D eigenvalue weighted by Gasteiger charge is -1.88. The van der Waals surface area contributed by atoms with Crippen LogP contribution in [0.3, 0.4) is 0 Å². The van der Waals surface area contributed by atoms with Crippen molar-refractivity contribution in [3.63, 3.8) is 0 Å². The van der Waals surface area contributed by atoms with Gasteiger partial charge in [-0.25, -0.2) is 0 Å². The maximum absolute atomic E-state index is 8.47. The third-order valence-electron chi connectivity index (χ3n) is 0.777. The predicted octanol–water partition coefficient (Wildman–Crippen LogP) is 3.97. The Morgan fingerprint density at radius 2 is 1.57 bits per heavy atom. The molecule has 0 aromatic heterocycles. The molecule has 1 heteroatoms. The molecule has 0 aromatic carbocycles. The van der Waals surface area contributed by atoms with Crippen LogP contribution in [0.25, 0.3) is 0 Å². The molecule has 14 heavy (non-hydrogen) atoms. The van der Waals surface area contributed by atoms with Gasteiger partial charge in [0.1, 0.15) is 0 Å². The average molecular weight is 198 g/mol. The van der Waals surface area contributed by atoms with E-state index in [1.807, 2.05) is 13.8 Å². The molecule has 0 amide bonds. The topological polar surface area (TPSA) is 20.2 Å². The lowest BCUT2D eigenvalue weighted by Crippen LogP contribution is -1.82. The summed E-state index contributed by atoms with van der Waals surface area (Å²) in [5, 5.41) is 8.47. The van der Waals surface area contributed by atoms with E-state index in [0.717, 1.165) is 11.5 Å². The molecule has 0 spiro atoms. The summed E-state index contributed by atoms with van der Waals surface area (Å²) in [7, 11) is 0. The van der Waals surface area contributed by atoms with Crippen LogP contribution in [0, 0.1) is 5.92 Å². The fraction of sp³-hybridized carbons (Fsp3) is 0.538. The third kappa shape index (κ3) is 30.3. The molecule has 0 aliphatic carbocycles. The summed E-state index contributed by atoms with van der Waals surface area (Å²) in [5.74, 6) is 0.833. The Balaban J connectivity index is -0.000000170. The molecule has 1 N–H and O–H groups in total. The number of aliphatic hydroxyl groups excluding tert-OH is 1. The molecule has 0 rings (SSSR count). The van der Waals surface area contributed by atoms with Gasteiger partial charge >= 0.3 is 0 Å². The Hall–Kier alpha value is -0.820. The van der Waals surface area contributed by atoms with Gasteiger partial charge in [0.25, 0.3) is 0 Å². The van der Waals surface area contributed by atoms with E-state index in [1.165, 1.54) is 0 Å². The highest BCUT2D eigenvalue weighted by molar-refractivity contribution is 5.20. The summed E-state index contributed by atoms with van der Waals surface area (Å²) in [6.07, 6.45) is 4.93. The number of rotatable bonds is 3. The van der Waals surface area contributed by atoms with E-state index in [-0.39, 0.29) is 6.61 Å². The first-order chi connectivity index (χ1) is 6.58. The Morgan fingerprint density at radius 3 is 1.64 bits per heavy atom. The first-order valence-electron chi connectivity index (χ1n) is 5.13. The first kappa shape index (κ1) is 18.9. The molecule has 0 saturated heterocycles. The van der Waals surface area contributed by atoms with Gasteiger partial charge in [-0.1, -0.05) is 66.0 Å². The first-order valence-corrected chi connectivity index (χ1v) is 5.13. The van der Waals surface area contributed by atoms with E-state index in [0.29, 0.717) is 0 Å². The number of hydrogen-bond acceptors (Lipinski definition) is 1. The van der Waals surface area contributed by atoms with Crippen LogP contribution >= 0.6 is 0 Å². The molecule has 0 aliphatic heterocycles. The van der Waals surface area contributed by atoms with Gasteiger partial charge in [0.05, 0.1) is 6.61 Å². The smallest absolute Gasteiger partial charge is 0.0681 e. The Morgan fingerprint density at radius 1 is 1.21 bits per heavy atom. The van der Waals surface area contributed by atoms with Crippen LogP contribution in [-0.4, -0.2) is 11.7 Å². The Bertz CT molecular complexity index is 141. The van der Waals surface area contributed by atoms with Crippen molar-refractivity contribution < 1.29 is 5.11 Å². The Labute approximate surface area is 89.9 Å². The largest absolute Gasteiger partial charge is 0.392 e. The summed E-state index contributed by atoms with van der Waals surface area (Å²) in [4.78, 5) is 0. The van der Waals surface area contributed by atoms with E-state index in [4.69, 9.17) is 5.11 Å². The van der Waals surface area contributed by atoms with Crippen LogP contribution in [0.2, 0.25) is 0 Å². The van der Waals surface area contributed by atoms with Crippen LogP contribution in [-0.2, 0) is 0 Å². The molecule has 0 heterocycles. The minimum atomic E-state index is 0.0372. The van der Waals surface area contributed by atoms with Crippen molar-refractivity contribution in [2.24, 2.45) is 5.92 Å². The predicted molar refractivity (Wildman–Crippen MR) is 67.4 cm³/mol. The van der Waals surface area contributed by atoms with Crippen molar-refractivity contribution in [1.82, 2.24) is 0 Å². The quantitative estimate of drug-likeness (QED) is 0.680. The third-order valence-corrected chi connectivity index (χ3v) is 0.777. The number of aliphatic hydroxyl groups is 1. The lowest BCUT2D eigenvalue weighted by molar-refractivity contribution is 0.335. The normalized spacial score (nSPS) is 9.21. The monoisotopic (exact) mass is 198 g/mol. The average Bonchev–Trinajstić information content (AvgIpc) is 2.16. The highest BCUT2D eigenvalue weighted by atomic mass is 16.3. The van der Waals surface area contributed by atoms with Crippen molar-refractivity contribution >= 4 is 0 Å². The molecular weight excluding hydrogens is 172 g/mol. The molecule has 0 unspecified atom stereocenters. The second-order valence-corrected chi connectivity index (χ2v) is 3.07. The second-order valence-electron chi connectivity index (χ2n) is 3.07. The lowest BCUT2D eigenvalue weighted by atomic mass is 10.2. The van der Waals surface area contributed by atoms with Crippen molar-refractivity contribution in [2.75, 3.05) is 6.61 Å². The summed E-state index contributed by atoms with van der Waals surface area (Å²) in [6.45, 7) is 17.5. The second kappa shape index (κ2) is 18.1. The van der Waals surface area contributed by atoms with Crippen molar-refractivity contribution in [3.8, 4) is 0 Å². The molecule has 1 nitrogen and oxygen atoms in total. The number of allylic oxidation sites excluding steroid dienone is 2. The molecule has 0 bridgehead atoms. The zero-order valence-corrected chi connectivity index (χ0v) is 10.4. The van der Waals surface area contributed by atoms with E-state index in [2.05, 4.69) is 33.9 Å². The van der Waals surface area contributed by atoms with Crippen LogP contribution < -0.4 is 0 Å². The SMILES string of the molecule is C=C/C=C(\C=C)CO.CC.CC(C)C. The van der Waals surface area contributed by atoms with Crippen molar-refractivity contribution in [3.05, 3.63) is 37.0 Å². The summed E-state index contributed by atoms with van der Waals surface area (Å²) in [5.41, 5.74) is 0.792. The van der Waals surface area contributed by atoms with E-state index in [9.17, 15) is 0 Å². The van der Waals surface area contributed by atoms with Gasteiger partial charge in [0.2, 0.25) is 0 Å². The fourth-order valence-electron chi connectivity index (χ4n) is 0.337. The van der Waals surface area contributed by atoms with Gasteiger partial charge in [0, 0.05) is 0 Å². The summed E-state index contributed by atoms with van der Waals surface area (Å²) in [6, 6.07) is 0. The van der Waals surface area contributed by atoms with Crippen LogP contribution in [0.5, 0.6) is 0 Å². The van der Waals surface area contributed by atoms with Gasteiger partial charge in [-0.05, 0) is 11.5 Å². The van der Waals surface area contributed by atoms with E-state index >= 15 is 0 Å². The van der Waals surface area contributed by atoms with Crippen LogP contribution in [0.4, 0.5) is 0 Å². The molecule has 0 aliphatic rings. The highest BCUT2D eigenvalue weighted by Gasteiger charge is 1.80.